The number of cyclic esters (lactones) is 1. The van der Waals surface area contributed by atoms with Crippen molar-refractivity contribution in [3.8, 4) is 0 Å². The molecule has 4 aliphatic heterocycles. The molecule has 0 radical (unpaired) electrons. The summed E-state index contributed by atoms with van der Waals surface area (Å²) in [4.78, 5) is 20.4. The number of carbonyl (C=O) groups is 1. The van der Waals surface area contributed by atoms with Gasteiger partial charge in [0.15, 0.2) is 0 Å². The molecular weight excluding hydrogens is 390 g/mol. The second kappa shape index (κ2) is 9.16. The summed E-state index contributed by atoms with van der Waals surface area (Å²) >= 11 is 0. The monoisotopic (exact) mass is 435 g/mol. The second-order valence-electron chi connectivity index (χ2n) is 11.5. The molecule has 1 amide bonds. The van der Waals surface area contributed by atoms with E-state index in [0.717, 1.165) is 38.9 Å². The number of hydrogen-bond donors (Lipinski definition) is 1. The lowest BCUT2D eigenvalue weighted by Crippen LogP contribution is -2.64. The maximum atomic E-state index is 13.0. The maximum absolute atomic E-state index is 13.0. The number of nitrogens with one attached hydrogen (secondary N) is 1. The number of rotatable bonds is 3. The van der Waals surface area contributed by atoms with Crippen LogP contribution in [0.3, 0.4) is 0 Å². The van der Waals surface area contributed by atoms with Crippen LogP contribution in [0.25, 0.3) is 0 Å². The first kappa shape index (κ1) is 23.3. The Kier molecular flexibility index (Phi) is 6.88. The van der Waals surface area contributed by atoms with Crippen molar-refractivity contribution in [2.75, 3.05) is 53.4 Å². The van der Waals surface area contributed by atoms with Gasteiger partial charge in [0, 0.05) is 37.1 Å². The standard InChI is InChI=1S/C24H45N5O2/c1-23(2,3)27-15-10-24(11-16-27)9-14-26(5)21(18-24)20-8-17-31-22(30)29(20)19-6-12-28(25-4)13-7-19/h19-21,25H,6-18H2,1-5H3. The lowest BCUT2D eigenvalue weighted by molar-refractivity contribution is -0.0627. The number of carbonyl (C=O) groups excluding carboxylic acids is 1. The van der Waals surface area contributed by atoms with Crippen LogP contribution < -0.4 is 5.43 Å². The predicted molar refractivity (Wildman–Crippen MR) is 124 cm³/mol. The van der Waals surface area contributed by atoms with Gasteiger partial charge in [-0.1, -0.05) is 0 Å². The highest BCUT2D eigenvalue weighted by molar-refractivity contribution is 5.69. The SMILES string of the molecule is CNN1CCC(N2C(=O)OCCC2C2CC3(CCN2C)CCN(C(C)(C)C)CC3)CC1. The van der Waals surface area contributed by atoms with Crippen LogP contribution in [0, 0.1) is 5.41 Å². The summed E-state index contributed by atoms with van der Waals surface area (Å²) in [5, 5.41) is 2.26. The first-order chi connectivity index (χ1) is 14.7. The normalized spacial score (nSPS) is 32.4. The van der Waals surface area contributed by atoms with Crippen LogP contribution in [-0.2, 0) is 4.74 Å². The molecule has 178 valence electrons. The third-order valence-corrected chi connectivity index (χ3v) is 8.80. The molecule has 2 unspecified atom stereocenters. The molecule has 0 saturated carbocycles. The summed E-state index contributed by atoms with van der Waals surface area (Å²) in [5.41, 5.74) is 3.97. The molecule has 31 heavy (non-hydrogen) atoms. The van der Waals surface area contributed by atoms with Gasteiger partial charge in [0.05, 0.1) is 12.6 Å². The van der Waals surface area contributed by atoms with Crippen LogP contribution in [-0.4, -0.2) is 103 Å². The number of hydrogen-bond acceptors (Lipinski definition) is 6. The molecule has 2 atom stereocenters. The average molecular weight is 436 g/mol. The highest BCUT2D eigenvalue weighted by Gasteiger charge is 2.48. The first-order valence-corrected chi connectivity index (χ1v) is 12.6. The van der Waals surface area contributed by atoms with Crippen molar-refractivity contribution in [3.05, 3.63) is 0 Å². The Balaban J connectivity index is 1.47. The number of piperidine rings is 3. The van der Waals surface area contributed by atoms with E-state index in [1.807, 2.05) is 7.05 Å². The number of amides is 1. The molecule has 0 bridgehead atoms. The largest absolute Gasteiger partial charge is 0.449 e. The van der Waals surface area contributed by atoms with Gasteiger partial charge < -0.3 is 14.5 Å². The zero-order valence-electron chi connectivity index (χ0n) is 20.5. The molecule has 4 aliphatic rings. The minimum absolute atomic E-state index is 0.0743. The zero-order chi connectivity index (χ0) is 22.2. The molecule has 4 fully saturated rings. The summed E-state index contributed by atoms with van der Waals surface area (Å²) in [6, 6.07) is 1.04. The molecule has 0 aromatic carbocycles. The van der Waals surface area contributed by atoms with Gasteiger partial charge in [0.1, 0.15) is 0 Å². The predicted octanol–water partition coefficient (Wildman–Crippen LogP) is 2.77. The van der Waals surface area contributed by atoms with Gasteiger partial charge in [-0.15, -0.1) is 0 Å². The molecule has 4 rings (SSSR count). The lowest BCUT2D eigenvalue weighted by atomic mass is 9.67. The van der Waals surface area contributed by atoms with Gasteiger partial charge in [-0.3, -0.25) is 10.3 Å². The zero-order valence-corrected chi connectivity index (χ0v) is 20.5. The van der Waals surface area contributed by atoms with Crippen LogP contribution in [0.15, 0.2) is 0 Å². The summed E-state index contributed by atoms with van der Waals surface area (Å²) in [6.45, 7) is 13.1. The van der Waals surface area contributed by atoms with E-state index in [9.17, 15) is 4.79 Å². The first-order valence-electron chi connectivity index (χ1n) is 12.6. The fraction of sp³-hybridized carbons (Fsp3) is 0.958. The molecule has 1 spiro atoms. The molecule has 4 saturated heterocycles. The smallest absolute Gasteiger partial charge is 0.410 e. The molecular formula is C24H45N5O2. The number of likely N-dealkylation sites (N-methyl/N-ethyl adjacent to an activating group) is 1. The second-order valence-corrected chi connectivity index (χ2v) is 11.5. The van der Waals surface area contributed by atoms with Gasteiger partial charge in [-0.25, -0.2) is 9.80 Å². The van der Waals surface area contributed by atoms with Crippen LogP contribution >= 0.6 is 0 Å². The summed E-state index contributed by atoms with van der Waals surface area (Å²) < 4.78 is 5.57. The van der Waals surface area contributed by atoms with E-state index in [4.69, 9.17) is 4.74 Å². The van der Waals surface area contributed by atoms with Crippen LogP contribution in [0.1, 0.15) is 65.7 Å². The average Bonchev–Trinajstić information content (AvgIpc) is 2.75. The molecule has 0 aromatic rings. The van der Waals surface area contributed by atoms with E-state index in [2.05, 4.69) is 53.0 Å². The van der Waals surface area contributed by atoms with E-state index in [1.165, 1.54) is 38.8 Å². The van der Waals surface area contributed by atoms with Crippen molar-refractivity contribution >= 4 is 6.09 Å². The number of hydrazine groups is 1. The highest BCUT2D eigenvalue weighted by atomic mass is 16.6. The molecule has 0 aromatic heterocycles. The fourth-order valence-corrected chi connectivity index (χ4v) is 6.60. The quantitative estimate of drug-likeness (QED) is 0.736. The van der Waals surface area contributed by atoms with Crippen molar-refractivity contribution in [2.24, 2.45) is 5.41 Å². The maximum Gasteiger partial charge on any atom is 0.410 e. The topological polar surface area (TPSA) is 51.3 Å². The van der Waals surface area contributed by atoms with Crippen molar-refractivity contribution in [2.45, 2.75) is 89.4 Å². The Morgan fingerprint density at radius 2 is 1.61 bits per heavy atom. The van der Waals surface area contributed by atoms with Gasteiger partial charge >= 0.3 is 6.09 Å². The van der Waals surface area contributed by atoms with Crippen LogP contribution in [0.5, 0.6) is 0 Å². The van der Waals surface area contributed by atoms with E-state index in [0.29, 0.717) is 24.1 Å². The van der Waals surface area contributed by atoms with E-state index < -0.39 is 0 Å². The molecule has 4 heterocycles. The number of ether oxygens (including phenoxy) is 1. The van der Waals surface area contributed by atoms with Crippen molar-refractivity contribution in [3.63, 3.8) is 0 Å². The molecule has 7 heteroatoms. The Morgan fingerprint density at radius 3 is 2.23 bits per heavy atom. The van der Waals surface area contributed by atoms with E-state index in [-0.39, 0.29) is 17.7 Å². The Morgan fingerprint density at radius 1 is 0.968 bits per heavy atom. The van der Waals surface area contributed by atoms with Crippen molar-refractivity contribution in [1.29, 1.82) is 0 Å². The highest BCUT2D eigenvalue weighted by Crippen LogP contribution is 2.46. The van der Waals surface area contributed by atoms with Gasteiger partial charge in [0.25, 0.3) is 0 Å². The summed E-state index contributed by atoms with van der Waals surface area (Å²) in [7, 11) is 4.27. The summed E-state index contributed by atoms with van der Waals surface area (Å²) in [6.07, 6.45) is 8.06. The number of nitrogens with zero attached hydrogens (tertiary/aromatic N) is 4. The third kappa shape index (κ3) is 4.90. The van der Waals surface area contributed by atoms with Crippen molar-refractivity contribution in [1.82, 2.24) is 25.1 Å². The van der Waals surface area contributed by atoms with Gasteiger partial charge in [0.2, 0.25) is 0 Å². The molecule has 7 nitrogen and oxygen atoms in total. The Labute approximate surface area is 189 Å². The van der Waals surface area contributed by atoms with E-state index >= 15 is 0 Å². The minimum atomic E-state index is -0.0743. The van der Waals surface area contributed by atoms with Crippen molar-refractivity contribution < 1.29 is 9.53 Å². The lowest BCUT2D eigenvalue weighted by Gasteiger charge is -2.55. The van der Waals surface area contributed by atoms with Gasteiger partial charge in [-0.05, 0) is 98.4 Å². The summed E-state index contributed by atoms with van der Waals surface area (Å²) in [5.74, 6) is 0. The Bertz CT molecular complexity index is 620. The van der Waals surface area contributed by atoms with E-state index in [1.54, 1.807) is 0 Å². The van der Waals surface area contributed by atoms with Crippen LogP contribution in [0.2, 0.25) is 0 Å². The fourth-order valence-electron chi connectivity index (χ4n) is 6.60. The Hall–Kier alpha value is -0.890. The third-order valence-electron chi connectivity index (χ3n) is 8.80. The number of likely N-dealkylation sites (tertiary alicyclic amines) is 2. The molecule has 0 aliphatic carbocycles. The molecule has 1 N–H and O–H groups in total. The minimum Gasteiger partial charge on any atom is -0.449 e. The van der Waals surface area contributed by atoms with Gasteiger partial charge in [-0.2, -0.15) is 0 Å². The van der Waals surface area contributed by atoms with Crippen LogP contribution in [0.4, 0.5) is 4.79 Å².